The second-order valence-electron chi connectivity index (χ2n) is 6.43. The number of halogens is 3. The molecule has 1 fully saturated rings. The zero-order valence-corrected chi connectivity index (χ0v) is 15.0. The number of benzene rings is 2. The molecule has 0 aliphatic heterocycles. The third kappa shape index (κ3) is 4.44. The first-order valence-corrected chi connectivity index (χ1v) is 8.80. The Hall–Kier alpha value is -3.03. The van der Waals surface area contributed by atoms with Gasteiger partial charge in [-0.1, -0.05) is 18.2 Å². The van der Waals surface area contributed by atoms with E-state index in [1.54, 1.807) is 24.3 Å². The van der Waals surface area contributed by atoms with E-state index in [0.717, 1.165) is 6.07 Å². The summed E-state index contributed by atoms with van der Waals surface area (Å²) >= 11 is 0. The van der Waals surface area contributed by atoms with Crippen LogP contribution in [0.15, 0.2) is 48.5 Å². The molecule has 2 aromatic carbocycles. The van der Waals surface area contributed by atoms with E-state index in [4.69, 9.17) is 4.74 Å². The number of ether oxygens (including phenoxy) is 1. The van der Waals surface area contributed by atoms with Crippen molar-refractivity contribution in [2.75, 3.05) is 6.61 Å². The lowest BCUT2D eigenvalue weighted by Gasteiger charge is -2.12. The van der Waals surface area contributed by atoms with E-state index >= 15 is 0 Å². The van der Waals surface area contributed by atoms with Gasteiger partial charge in [-0.3, -0.25) is 20.4 Å². The van der Waals surface area contributed by atoms with E-state index in [0.29, 0.717) is 24.3 Å². The van der Waals surface area contributed by atoms with Crippen LogP contribution in [0.1, 0.15) is 40.7 Å². The van der Waals surface area contributed by atoms with Crippen molar-refractivity contribution in [3.05, 3.63) is 65.2 Å². The topological polar surface area (TPSA) is 67.4 Å². The number of carbonyl (C=O) groups is 2. The minimum absolute atomic E-state index is 0.105. The summed E-state index contributed by atoms with van der Waals surface area (Å²) in [6, 6.07) is 11.6. The average molecular weight is 392 g/mol. The quantitative estimate of drug-likeness (QED) is 0.763. The lowest BCUT2D eigenvalue weighted by atomic mass is 10.0. The van der Waals surface area contributed by atoms with Crippen molar-refractivity contribution in [1.82, 2.24) is 10.9 Å². The number of rotatable bonds is 5. The molecule has 28 heavy (non-hydrogen) atoms. The molecule has 5 nitrogen and oxygen atoms in total. The summed E-state index contributed by atoms with van der Waals surface area (Å²) in [5, 5.41) is 0. The Morgan fingerprint density at radius 3 is 2.39 bits per heavy atom. The Morgan fingerprint density at radius 2 is 1.75 bits per heavy atom. The Balaban J connectivity index is 1.56. The van der Waals surface area contributed by atoms with Crippen molar-refractivity contribution in [3.63, 3.8) is 0 Å². The van der Waals surface area contributed by atoms with Crippen molar-refractivity contribution in [3.8, 4) is 5.75 Å². The molecular weight excluding hydrogens is 373 g/mol. The fourth-order valence-electron chi connectivity index (χ4n) is 3.06. The lowest BCUT2D eigenvalue weighted by Crippen LogP contribution is -2.42. The molecule has 1 aliphatic carbocycles. The molecule has 8 heteroatoms. The van der Waals surface area contributed by atoms with Crippen LogP contribution in [0.3, 0.4) is 0 Å². The number of alkyl halides is 3. The number of hydrogen-bond acceptors (Lipinski definition) is 3. The molecule has 0 spiro atoms. The van der Waals surface area contributed by atoms with Gasteiger partial charge >= 0.3 is 6.18 Å². The Kier molecular flexibility index (Phi) is 5.58. The SMILES string of the molecule is CCOc1ccc(C(=O)NNC(=O)C2CC2c2ccccc2C(F)(F)F)cc1. The summed E-state index contributed by atoms with van der Waals surface area (Å²) in [5.41, 5.74) is 4.27. The second kappa shape index (κ2) is 7.92. The van der Waals surface area contributed by atoms with E-state index in [2.05, 4.69) is 10.9 Å². The van der Waals surface area contributed by atoms with Gasteiger partial charge in [-0.2, -0.15) is 13.2 Å². The first-order valence-electron chi connectivity index (χ1n) is 8.80. The van der Waals surface area contributed by atoms with Crippen molar-refractivity contribution < 1.29 is 27.5 Å². The molecule has 148 valence electrons. The van der Waals surface area contributed by atoms with E-state index in [1.807, 2.05) is 6.92 Å². The van der Waals surface area contributed by atoms with E-state index < -0.39 is 35.4 Å². The first-order chi connectivity index (χ1) is 13.3. The number of carbonyl (C=O) groups excluding carboxylic acids is 2. The molecule has 3 rings (SSSR count). The smallest absolute Gasteiger partial charge is 0.416 e. The minimum Gasteiger partial charge on any atom is -0.494 e. The normalized spacial score (nSPS) is 18.3. The van der Waals surface area contributed by atoms with Gasteiger partial charge in [0.05, 0.1) is 12.2 Å². The van der Waals surface area contributed by atoms with E-state index in [-0.39, 0.29) is 5.56 Å². The molecular formula is C20H19F3N2O3. The second-order valence-corrected chi connectivity index (χ2v) is 6.43. The lowest BCUT2D eigenvalue weighted by molar-refractivity contribution is -0.138. The fraction of sp³-hybridized carbons (Fsp3) is 0.300. The molecule has 0 aromatic heterocycles. The molecule has 2 atom stereocenters. The molecule has 0 heterocycles. The minimum atomic E-state index is -4.47. The highest BCUT2D eigenvalue weighted by Crippen LogP contribution is 2.50. The van der Waals surface area contributed by atoms with Crippen molar-refractivity contribution in [2.24, 2.45) is 5.92 Å². The predicted molar refractivity (Wildman–Crippen MR) is 95.5 cm³/mol. The third-order valence-corrected chi connectivity index (χ3v) is 4.52. The van der Waals surface area contributed by atoms with Crippen LogP contribution in [0.4, 0.5) is 13.2 Å². The molecule has 0 radical (unpaired) electrons. The Morgan fingerprint density at radius 1 is 1.07 bits per heavy atom. The molecule has 2 unspecified atom stereocenters. The zero-order valence-electron chi connectivity index (χ0n) is 15.0. The maximum absolute atomic E-state index is 13.1. The maximum Gasteiger partial charge on any atom is 0.416 e. The van der Waals surface area contributed by atoms with Gasteiger partial charge in [0.2, 0.25) is 5.91 Å². The number of amides is 2. The van der Waals surface area contributed by atoms with Crippen LogP contribution in [-0.2, 0) is 11.0 Å². The van der Waals surface area contributed by atoms with Gasteiger partial charge < -0.3 is 4.74 Å². The van der Waals surface area contributed by atoms with Gasteiger partial charge in [0.1, 0.15) is 5.75 Å². The molecule has 2 amide bonds. The summed E-state index contributed by atoms with van der Waals surface area (Å²) in [6.45, 7) is 2.34. The monoisotopic (exact) mass is 392 g/mol. The van der Waals surface area contributed by atoms with Crippen molar-refractivity contribution >= 4 is 11.8 Å². The molecule has 1 aliphatic rings. The van der Waals surface area contributed by atoms with Crippen molar-refractivity contribution in [1.29, 1.82) is 0 Å². The van der Waals surface area contributed by atoms with Gasteiger partial charge in [-0.05, 0) is 55.2 Å². The van der Waals surface area contributed by atoms with Crippen LogP contribution in [0, 0.1) is 5.92 Å². The molecule has 2 aromatic rings. The molecule has 0 saturated heterocycles. The largest absolute Gasteiger partial charge is 0.494 e. The Labute approximate surface area is 159 Å². The zero-order chi connectivity index (χ0) is 20.3. The Bertz CT molecular complexity index is 866. The van der Waals surface area contributed by atoms with Gasteiger partial charge in [-0.25, -0.2) is 0 Å². The summed E-state index contributed by atoms with van der Waals surface area (Å²) in [7, 11) is 0. The van der Waals surface area contributed by atoms with Crippen LogP contribution >= 0.6 is 0 Å². The highest BCUT2D eigenvalue weighted by molar-refractivity contribution is 5.96. The van der Waals surface area contributed by atoms with Crippen LogP contribution in [-0.4, -0.2) is 18.4 Å². The third-order valence-electron chi connectivity index (χ3n) is 4.52. The number of hydrazine groups is 1. The average Bonchev–Trinajstić information content (AvgIpc) is 3.47. The van der Waals surface area contributed by atoms with Crippen LogP contribution in [0.25, 0.3) is 0 Å². The maximum atomic E-state index is 13.1. The summed E-state index contributed by atoms with van der Waals surface area (Å²) in [6.07, 6.45) is -4.17. The van der Waals surface area contributed by atoms with E-state index in [1.165, 1.54) is 18.2 Å². The summed E-state index contributed by atoms with van der Waals surface area (Å²) < 4.78 is 44.6. The highest BCUT2D eigenvalue weighted by atomic mass is 19.4. The fourth-order valence-corrected chi connectivity index (χ4v) is 3.06. The number of hydrogen-bond donors (Lipinski definition) is 2. The highest BCUT2D eigenvalue weighted by Gasteiger charge is 2.47. The predicted octanol–water partition coefficient (Wildman–Crippen LogP) is 3.67. The number of nitrogens with one attached hydrogen (secondary N) is 2. The molecule has 1 saturated carbocycles. The van der Waals surface area contributed by atoms with Crippen LogP contribution in [0.5, 0.6) is 5.75 Å². The summed E-state index contributed by atoms with van der Waals surface area (Å²) in [4.78, 5) is 24.3. The molecule has 2 N–H and O–H groups in total. The van der Waals surface area contributed by atoms with Gasteiger partial charge in [-0.15, -0.1) is 0 Å². The van der Waals surface area contributed by atoms with Crippen molar-refractivity contribution in [2.45, 2.75) is 25.4 Å². The van der Waals surface area contributed by atoms with Gasteiger partial charge in [0.25, 0.3) is 5.91 Å². The van der Waals surface area contributed by atoms with Gasteiger partial charge in [0.15, 0.2) is 0 Å². The summed E-state index contributed by atoms with van der Waals surface area (Å²) in [5.74, 6) is -1.54. The molecule has 0 bridgehead atoms. The standard InChI is InChI=1S/C20H19F3N2O3/c1-2-28-13-9-7-12(8-10-13)18(26)24-25-19(27)16-11-15(16)14-5-3-4-6-17(14)20(21,22)23/h3-10,15-16H,2,11H2,1H3,(H,24,26)(H,25,27). The first kappa shape index (κ1) is 19.7. The van der Waals surface area contributed by atoms with Gasteiger partial charge in [0, 0.05) is 11.5 Å². The van der Waals surface area contributed by atoms with E-state index in [9.17, 15) is 22.8 Å². The van der Waals surface area contributed by atoms with Crippen LogP contribution < -0.4 is 15.6 Å². The van der Waals surface area contributed by atoms with Crippen LogP contribution in [0.2, 0.25) is 0 Å².